The summed E-state index contributed by atoms with van der Waals surface area (Å²) >= 11 is 0. The van der Waals surface area contributed by atoms with Crippen molar-refractivity contribution in [1.29, 1.82) is 0 Å². The second-order valence-corrected chi connectivity index (χ2v) is 11.0. The van der Waals surface area contributed by atoms with Gasteiger partial charge in [-0.25, -0.2) is 0 Å². The van der Waals surface area contributed by atoms with Crippen molar-refractivity contribution in [2.75, 3.05) is 39.3 Å². The van der Waals surface area contributed by atoms with E-state index < -0.39 is 12.1 Å². The zero-order valence-corrected chi connectivity index (χ0v) is 25.1. The fraction of sp³-hybridized carbons (Fsp3) is 0.933. The van der Waals surface area contributed by atoms with Crippen LogP contribution in [-0.4, -0.2) is 68.1 Å². The van der Waals surface area contributed by atoms with Crippen molar-refractivity contribution < 1.29 is 9.59 Å². The molecule has 0 aliphatic carbocycles. The Morgan fingerprint density at radius 3 is 1.26 bits per heavy atom. The van der Waals surface area contributed by atoms with Crippen molar-refractivity contribution in [3.05, 3.63) is 0 Å². The predicted octanol–water partition coefficient (Wildman–Crippen LogP) is 4.20. The topological polar surface area (TPSA) is 140 Å². The molecule has 0 aliphatic heterocycles. The average molecular weight is 541 g/mol. The average Bonchev–Trinajstić information content (AvgIpc) is 2.91. The maximum absolute atomic E-state index is 12.3. The highest BCUT2D eigenvalue weighted by Gasteiger charge is 2.15. The third-order valence-corrected chi connectivity index (χ3v) is 7.31. The zero-order chi connectivity index (χ0) is 28.3. The summed E-state index contributed by atoms with van der Waals surface area (Å²) in [5.74, 6) is -0.165. The molecule has 0 heterocycles. The molecule has 0 bridgehead atoms. The van der Waals surface area contributed by atoms with E-state index in [1.807, 2.05) is 0 Å². The van der Waals surface area contributed by atoms with Crippen molar-refractivity contribution in [1.82, 2.24) is 15.5 Å². The second kappa shape index (κ2) is 27.4. The molecule has 38 heavy (non-hydrogen) atoms. The molecule has 8 nitrogen and oxygen atoms in total. The molecule has 0 rings (SSSR count). The summed E-state index contributed by atoms with van der Waals surface area (Å²) in [5.41, 5.74) is 17.9. The summed E-state index contributed by atoms with van der Waals surface area (Å²) in [5, 5.41) is 5.92. The van der Waals surface area contributed by atoms with E-state index in [4.69, 9.17) is 17.2 Å². The van der Waals surface area contributed by atoms with Gasteiger partial charge in [0.05, 0.1) is 12.1 Å². The molecule has 0 aromatic rings. The minimum atomic E-state index is -0.445. The third kappa shape index (κ3) is 22.7. The highest BCUT2D eigenvalue weighted by atomic mass is 16.2. The number of nitrogens with zero attached hydrogens (tertiary/aromatic N) is 1. The number of unbranched alkanes of at least 4 members (excludes halogenated alkanes) is 14. The summed E-state index contributed by atoms with van der Waals surface area (Å²) in [6.07, 6.45) is 21.3. The first-order valence-corrected chi connectivity index (χ1v) is 15.9. The fourth-order valence-electron chi connectivity index (χ4n) is 4.71. The largest absolute Gasteiger partial charge is 0.353 e. The van der Waals surface area contributed by atoms with Gasteiger partial charge in [-0.15, -0.1) is 0 Å². The Balaban J connectivity index is 3.92. The Labute approximate surface area is 235 Å². The lowest BCUT2D eigenvalue weighted by Crippen LogP contribution is -2.47. The molecular weight excluding hydrogens is 476 g/mol. The Bertz CT molecular complexity index is 505. The molecule has 0 aromatic carbocycles. The monoisotopic (exact) mass is 541 g/mol. The van der Waals surface area contributed by atoms with Crippen LogP contribution >= 0.6 is 0 Å². The molecule has 0 aromatic heterocycles. The summed E-state index contributed by atoms with van der Waals surface area (Å²) in [6, 6.07) is -0.889. The lowest BCUT2D eigenvalue weighted by molar-refractivity contribution is -0.123. The van der Waals surface area contributed by atoms with E-state index in [0.717, 1.165) is 38.5 Å². The Morgan fingerprint density at radius 1 is 0.579 bits per heavy atom. The second-order valence-electron chi connectivity index (χ2n) is 11.0. The van der Waals surface area contributed by atoms with Crippen LogP contribution in [0.15, 0.2) is 0 Å². The molecular formula is C30H64N6O2. The molecule has 0 radical (unpaired) electrons. The lowest BCUT2D eigenvalue weighted by atomic mass is 10.0. The third-order valence-electron chi connectivity index (χ3n) is 7.31. The normalized spacial score (nSPS) is 13.0. The van der Waals surface area contributed by atoms with E-state index in [-0.39, 0.29) is 11.8 Å². The molecule has 0 fully saturated rings. The molecule has 2 atom stereocenters. The standard InChI is InChI=1S/C30H64N6O2/c1-3-5-7-9-11-13-15-17-19-27(32)29(37)34-22-25-36(24-21-31)26-23-35-30(38)28(33)20-18-16-14-12-10-8-6-4-2/h27-28H,3-26,31-33H2,1-2H3,(H,34,37)(H,35,38). The van der Waals surface area contributed by atoms with Gasteiger partial charge in [0.2, 0.25) is 11.8 Å². The van der Waals surface area contributed by atoms with Gasteiger partial charge in [-0.3, -0.25) is 14.5 Å². The number of hydrogen-bond acceptors (Lipinski definition) is 6. The minimum absolute atomic E-state index is 0.0825. The van der Waals surface area contributed by atoms with Gasteiger partial charge in [0, 0.05) is 39.3 Å². The molecule has 0 spiro atoms. The van der Waals surface area contributed by atoms with Gasteiger partial charge in [-0.1, -0.05) is 117 Å². The SMILES string of the molecule is CCCCCCCCCCC(N)C(=O)NCCN(CCN)CCNC(=O)C(N)CCCCCCCCCC. The van der Waals surface area contributed by atoms with Crippen molar-refractivity contribution in [3.63, 3.8) is 0 Å². The van der Waals surface area contributed by atoms with Crippen molar-refractivity contribution >= 4 is 11.8 Å². The van der Waals surface area contributed by atoms with Crippen LogP contribution in [0, 0.1) is 0 Å². The van der Waals surface area contributed by atoms with E-state index in [1.54, 1.807) is 0 Å². The molecule has 0 saturated heterocycles. The van der Waals surface area contributed by atoms with Crippen molar-refractivity contribution in [2.24, 2.45) is 17.2 Å². The molecule has 0 saturated carbocycles. The van der Waals surface area contributed by atoms with Gasteiger partial charge in [0.15, 0.2) is 0 Å². The quantitative estimate of drug-likeness (QED) is 0.0943. The summed E-state index contributed by atoms with van der Waals surface area (Å²) in [4.78, 5) is 26.8. The molecule has 226 valence electrons. The first-order chi connectivity index (χ1) is 18.5. The number of nitrogens with one attached hydrogen (secondary N) is 2. The summed E-state index contributed by atoms with van der Waals surface area (Å²) < 4.78 is 0. The predicted molar refractivity (Wildman–Crippen MR) is 162 cm³/mol. The number of nitrogens with two attached hydrogens (primary N) is 3. The van der Waals surface area contributed by atoms with E-state index in [0.29, 0.717) is 39.3 Å². The van der Waals surface area contributed by atoms with Crippen LogP contribution in [0.4, 0.5) is 0 Å². The van der Waals surface area contributed by atoms with E-state index >= 15 is 0 Å². The minimum Gasteiger partial charge on any atom is -0.353 e. The smallest absolute Gasteiger partial charge is 0.236 e. The maximum Gasteiger partial charge on any atom is 0.236 e. The number of hydrogen-bond donors (Lipinski definition) is 5. The number of carbonyl (C=O) groups excluding carboxylic acids is 2. The maximum atomic E-state index is 12.3. The Hall–Kier alpha value is -1.22. The van der Waals surface area contributed by atoms with Crippen LogP contribution in [0.3, 0.4) is 0 Å². The van der Waals surface area contributed by atoms with Gasteiger partial charge in [-0.2, -0.15) is 0 Å². The lowest BCUT2D eigenvalue weighted by Gasteiger charge is -2.23. The fourth-order valence-corrected chi connectivity index (χ4v) is 4.71. The van der Waals surface area contributed by atoms with Crippen LogP contribution in [0.25, 0.3) is 0 Å². The van der Waals surface area contributed by atoms with Gasteiger partial charge in [0.25, 0.3) is 0 Å². The number of amides is 2. The zero-order valence-electron chi connectivity index (χ0n) is 25.1. The van der Waals surface area contributed by atoms with Gasteiger partial charge in [-0.05, 0) is 12.8 Å². The van der Waals surface area contributed by atoms with Crippen LogP contribution < -0.4 is 27.8 Å². The van der Waals surface area contributed by atoms with Crippen LogP contribution in [0.2, 0.25) is 0 Å². The van der Waals surface area contributed by atoms with Gasteiger partial charge >= 0.3 is 0 Å². The van der Waals surface area contributed by atoms with Crippen molar-refractivity contribution in [3.8, 4) is 0 Å². The van der Waals surface area contributed by atoms with Gasteiger partial charge in [0.1, 0.15) is 0 Å². The van der Waals surface area contributed by atoms with E-state index in [9.17, 15) is 9.59 Å². The van der Waals surface area contributed by atoms with Crippen LogP contribution in [0.1, 0.15) is 129 Å². The molecule has 2 amide bonds. The molecule has 8 N–H and O–H groups in total. The molecule has 8 heteroatoms. The molecule has 0 aliphatic rings. The Morgan fingerprint density at radius 2 is 0.921 bits per heavy atom. The van der Waals surface area contributed by atoms with Crippen LogP contribution in [0.5, 0.6) is 0 Å². The number of carbonyl (C=O) groups is 2. The first kappa shape index (κ1) is 36.8. The summed E-state index contributed by atoms with van der Waals surface area (Å²) in [7, 11) is 0. The first-order valence-electron chi connectivity index (χ1n) is 15.9. The Kier molecular flexibility index (Phi) is 26.5. The van der Waals surface area contributed by atoms with Crippen molar-refractivity contribution in [2.45, 2.75) is 142 Å². The highest BCUT2D eigenvalue weighted by molar-refractivity contribution is 5.81. The van der Waals surface area contributed by atoms with Crippen LogP contribution in [-0.2, 0) is 9.59 Å². The van der Waals surface area contributed by atoms with E-state index in [1.165, 1.54) is 77.0 Å². The number of rotatable bonds is 28. The highest BCUT2D eigenvalue weighted by Crippen LogP contribution is 2.11. The van der Waals surface area contributed by atoms with Gasteiger partial charge < -0.3 is 27.8 Å². The van der Waals surface area contributed by atoms with E-state index in [2.05, 4.69) is 29.4 Å². The summed E-state index contributed by atoms with van der Waals surface area (Å²) in [6.45, 7) is 8.10. The molecule has 2 unspecified atom stereocenters.